The lowest BCUT2D eigenvalue weighted by Gasteiger charge is -2.62. The van der Waals surface area contributed by atoms with Crippen LogP contribution in [-0.4, -0.2) is 50.8 Å². The summed E-state index contributed by atoms with van der Waals surface area (Å²) in [5.41, 5.74) is 2.60. The highest BCUT2D eigenvalue weighted by atomic mass is 35.5. The van der Waals surface area contributed by atoms with Crippen LogP contribution in [0, 0.1) is 23.2 Å². The number of rotatable bonds is 5. The van der Waals surface area contributed by atoms with E-state index in [1.165, 1.54) is 6.42 Å². The Bertz CT molecular complexity index is 1500. The predicted molar refractivity (Wildman–Crippen MR) is 157 cm³/mol. The fraction of sp³-hybridized carbons (Fsp3) is 0.500. The van der Waals surface area contributed by atoms with Crippen molar-refractivity contribution < 1.29 is 5.11 Å². The molecule has 7 rings (SSSR count). The van der Waals surface area contributed by atoms with Crippen molar-refractivity contribution in [2.24, 2.45) is 28.2 Å². The van der Waals surface area contributed by atoms with E-state index < -0.39 is 0 Å². The monoisotopic (exact) mass is 567 g/mol. The number of aliphatic hydroxyl groups excluding tert-OH is 1. The largest absolute Gasteiger partial charge is 0.389 e. The summed E-state index contributed by atoms with van der Waals surface area (Å²) >= 11 is 12.3. The zero-order valence-corrected chi connectivity index (χ0v) is 24.1. The van der Waals surface area contributed by atoms with E-state index in [1.807, 2.05) is 18.2 Å². The van der Waals surface area contributed by atoms with Crippen molar-refractivity contribution in [1.29, 1.82) is 0 Å². The van der Waals surface area contributed by atoms with Gasteiger partial charge < -0.3 is 15.3 Å². The molecule has 3 aromatic rings. The molecule has 1 aliphatic heterocycles. The number of aliphatic imine (C=N–C) groups is 1. The molecule has 1 saturated heterocycles. The molecule has 1 aromatic heterocycles. The summed E-state index contributed by atoms with van der Waals surface area (Å²) in [6.45, 7) is 8.77. The molecular formula is C30H35Cl2N5O2. The smallest absolute Gasteiger partial charge is 0.261 e. The normalized spacial score (nSPS) is 26.3. The van der Waals surface area contributed by atoms with Crippen LogP contribution in [0.3, 0.4) is 0 Å². The van der Waals surface area contributed by atoms with Gasteiger partial charge in [-0.1, -0.05) is 50.0 Å². The maximum Gasteiger partial charge on any atom is 0.261 e. The van der Waals surface area contributed by atoms with Gasteiger partial charge in [-0.15, -0.1) is 0 Å². The van der Waals surface area contributed by atoms with Crippen molar-refractivity contribution in [3.63, 3.8) is 0 Å². The predicted octanol–water partition coefficient (Wildman–Crippen LogP) is 5.27. The molecule has 2 heterocycles. The van der Waals surface area contributed by atoms with Crippen molar-refractivity contribution in [2.45, 2.75) is 58.7 Å². The molecule has 4 aliphatic rings. The van der Waals surface area contributed by atoms with Crippen LogP contribution in [0.25, 0.3) is 10.9 Å². The van der Waals surface area contributed by atoms with Crippen LogP contribution in [0.4, 0.5) is 5.69 Å². The van der Waals surface area contributed by atoms with Crippen molar-refractivity contribution in [2.75, 3.05) is 13.1 Å². The highest BCUT2D eigenvalue weighted by Gasteiger charge is 2.56. The van der Waals surface area contributed by atoms with Gasteiger partial charge in [-0.05, 0) is 78.3 Å². The van der Waals surface area contributed by atoms with Gasteiger partial charge in [0.2, 0.25) is 0 Å². The maximum atomic E-state index is 13.2. The van der Waals surface area contributed by atoms with Gasteiger partial charge in [-0.3, -0.25) is 9.36 Å². The number of aryl methyl sites for hydroxylation is 2. The van der Waals surface area contributed by atoms with Gasteiger partial charge in [0.25, 0.3) is 5.56 Å². The molecule has 3 saturated carbocycles. The zero-order chi connectivity index (χ0) is 27.5. The number of aromatic nitrogens is 2. The molecular weight excluding hydrogens is 533 g/mol. The molecule has 2 bridgehead atoms. The summed E-state index contributed by atoms with van der Waals surface area (Å²) in [6, 6.07) is 11.3. The van der Waals surface area contributed by atoms with E-state index in [-0.39, 0.29) is 11.7 Å². The molecule has 2 N–H and O–H groups in total. The number of nitrogens with zero attached hydrogens (tertiary/aromatic N) is 4. The Kier molecular flexibility index (Phi) is 6.89. The van der Waals surface area contributed by atoms with Gasteiger partial charge in [-0.2, -0.15) is 0 Å². The van der Waals surface area contributed by atoms with Crippen LogP contribution in [-0.2, 0) is 13.0 Å². The summed E-state index contributed by atoms with van der Waals surface area (Å²) in [6.07, 6.45) is 4.32. The van der Waals surface area contributed by atoms with E-state index >= 15 is 0 Å². The number of benzene rings is 2. The maximum absolute atomic E-state index is 13.2. The lowest BCUT2D eigenvalue weighted by atomic mass is 9.45. The van der Waals surface area contributed by atoms with Gasteiger partial charge in [0, 0.05) is 35.7 Å². The lowest BCUT2D eigenvalue weighted by molar-refractivity contribution is -0.112. The number of β-amino-alcohol motifs (C(OH)–C–C–N with tert-alkyl or cyclic N) is 1. The number of aliphatic hydroxyl groups is 1. The number of halogens is 2. The topological polar surface area (TPSA) is 82.8 Å². The van der Waals surface area contributed by atoms with Gasteiger partial charge in [0.05, 0.1) is 29.0 Å². The zero-order valence-electron chi connectivity index (χ0n) is 22.6. The summed E-state index contributed by atoms with van der Waals surface area (Å²) in [7, 11) is 0. The fourth-order valence-electron chi connectivity index (χ4n) is 6.79. The van der Waals surface area contributed by atoms with Crippen LogP contribution < -0.4 is 10.9 Å². The first kappa shape index (κ1) is 26.6. The second-order valence-electron chi connectivity index (χ2n) is 12.1. The third kappa shape index (κ3) is 4.94. The lowest BCUT2D eigenvalue weighted by Crippen LogP contribution is -2.64. The molecule has 0 unspecified atom stereocenters. The third-order valence-corrected chi connectivity index (χ3v) is 10.1. The number of guanidine groups is 1. The van der Waals surface area contributed by atoms with Crippen molar-refractivity contribution in [3.8, 4) is 0 Å². The Morgan fingerprint density at radius 2 is 1.97 bits per heavy atom. The van der Waals surface area contributed by atoms with Gasteiger partial charge in [-0.25, -0.2) is 9.98 Å². The molecule has 3 aliphatic carbocycles. The minimum atomic E-state index is -0.326. The number of nitrogens with one attached hydrogen (secondary N) is 1. The third-order valence-electron chi connectivity index (χ3n) is 9.51. The minimum Gasteiger partial charge on any atom is -0.389 e. The molecule has 4 fully saturated rings. The van der Waals surface area contributed by atoms with Crippen molar-refractivity contribution in [1.82, 2.24) is 19.8 Å². The van der Waals surface area contributed by atoms with Gasteiger partial charge >= 0.3 is 0 Å². The number of hydrogen-bond acceptors (Lipinski definition) is 4. The van der Waals surface area contributed by atoms with Crippen LogP contribution in [0.2, 0.25) is 10.0 Å². The summed E-state index contributed by atoms with van der Waals surface area (Å²) < 4.78 is 1.61. The fourth-order valence-corrected chi connectivity index (χ4v) is 7.29. The Morgan fingerprint density at radius 1 is 1.18 bits per heavy atom. The van der Waals surface area contributed by atoms with Crippen LogP contribution in [0.1, 0.15) is 39.2 Å². The first-order chi connectivity index (χ1) is 18.6. The molecule has 4 atom stereocenters. The first-order valence-electron chi connectivity index (χ1n) is 13.8. The van der Waals surface area contributed by atoms with E-state index in [0.717, 1.165) is 35.5 Å². The SMILES string of the molecule is C[C@H]1[C@@H](NC(=Nc2ccc3c(=O)n(CCc4ccc(Cl)cc4Cl)cnc3c2)N2CC(O)C2)C[C@H]2C[C@H]1C2(C)C. The number of fused-ring (bicyclic) bond motifs is 3. The quantitative estimate of drug-likeness (QED) is 0.324. The Hall–Kier alpha value is -2.61. The Labute approximate surface area is 238 Å². The number of likely N-dealkylation sites (tertiary alicyclic amines) is 1. The first-order valence-corrected chi connectivity index (χ1v) is 14.6. The Balaban J connectivity index is 1.22. The Morgan fingerprint density at radius 3 is 2.67 bits per heavy atom. The highest BCUT2D eigenvalue weighted by Crippen LogP contribution is 2.61. The molecule has 39 heavy (non-hydrogen) atoms. The molecule has 9 heteroatoms. The van der Waals surface area contributed by atoms with Crippen LogP contribution >= 0.6 is 23.2 Å². The molecule has 0 amide bonds. The minimum absolute atomic E-state index is 0.0947. The second kappa shape index (κ2) is 10.1. The molecule has 206 valence electrons. The molecule has 0 spiro atoms. The summed E-state index contributed by atoms with van der Waals surface area (Å²) in [5.74, 6) is 2.81. The van der Waals surface area contributed by atoms with Crippen molar-refractivity contribution in [3.05, 3.63) is 68.7 Å². The molecule has 2 aromatic carbocycles. The van der Waals surface area contributed by atoms with E-state index in [4.69, 9.17) is 28.2 Å². The molecule has 0 radical (unpaired) electrons. The van der Waals surface area contributed by atoms with Crippen molar-refractivity contribution >= 4 is 45.8 Å². The van der Waals surface area contributed by atoms with E-state index in [0.29, 0.717) is 64.4 Å². The van der Waals surface area contributed by atoms with Crippen LogP contribution in [0.15, 0.2) is 52.5 Å². The van der Waals surface area contributed by atoms with Gasteiger partial charge in [0.1, 0.15) is 0 Å². The molecule has 7 nitrogen and oxygen atoms in total. The van der Waals surface area contributed by atoms with Crippen LogP contribution in [0.5, 0.6) is 0 Å². The number of hydrogen-bond donors (Lipinski definition) is 2. The highest BCUT2D eigenvalue weighted by molar-refractivity contribution is 6.35. The van der Waals surface area contributed by atoms with E-state index in [2.05, 4.69) is 36.0 Å². The van der Waals surface area contributed by atoms with E-state index in [1.54, 1.807) is 29.1 Å². The summed E-state index contributed by atoms with van der Waals surface area (Å²) in [4.78, 5) is 24.8. The summed E-state index contributed by atoms with van der Waals surface area (Å²) in [5, 5.41) is 15.4. The average Bonchev–Trinajstić information content (AvgIpc) is 2.87. The standard InChI is InChI=1S/C30H35Cl2N5O2/c1-17-24-10-19(30(24,2)3)11-26(17)35-29(37-14-22(38)15-37)34-21-6-7-23-27(13-21)33-16-36(28(23)39)9-8-18-4-5-20(31)12-25(18)32/h4-7,12-13,16-17,19,22,24,26,38H,8-11,14-15H2,1-3H3,(H,34,35)/t17-,19-,24-,26+/m1/s1. The van der Waals surface area contributed by atoms with E-state index in [9.17, 15) is 9.90 Å². The second-order valence-corrected chi connectivity index (χ2v) is 13.0. The van der Waals surface area contributed by atoms with Gasteiger partial charge in [0.15, 0.2) is 5.96 Å². The average molecular weight is 569 g/mol.